The van der Waals surface area contributed by atoms with Crippen molar-refractivity contribution in [3.8, 4) is 0 Å². The molecule has 8 nitrogen and oxygen atoms in total. The van der Waals surface area contributed by atoms with Gasteiger partial charge in [-0.3, -0.25) is 9.69 Å². The Morgan fingerprint density at radius 2 is 1.62 bits per heavy atom. The van der Waals surface area contributed by atoms with Crippen LogP contribution in [0.1, 0.15) is 110 Å². The van der Waals surface area contributed by atoms with Gasteiger partial charge in [0.25, 0.3) is 5.91 Å². The maximum absolute atomic E-state index is 14.8. The zero-order valence-electron chi connectivity index (χ0n) is 30.8. The average molecular weight is 726 g/mol. The third kappa shape index (κ3) is 6.49. The number of benzene rings is 3. The van der Waals surface area contributed by atoms with Crippen molar-refractivity contribution in [3.63, 3.8) is 0 Å². The Morgan fingerprint density at radius 1 is 0.904 bits per heavy atom. The number of halogens is 1. The van der Waals surface area contributed by atoms with Gasteiger partial charge in [0.2, 0.25) is 10.0 Å². The minimum Gasteiger partial charge on any atom is -0.339 e. The monoisotopic (exact) mass is 725 g/mol. The summed E-state index contributed by atoms with van der Waals surface area (Å²) in [6.45, 7) is 7.79. The molecule has 4 heterocycles. The molecule has 1 aliphatic carbocycles. The molecule has 1 saturated carbocycles. The SMILES string of the molecule is Cc1ccc(S(=O)(=O)NC2CCCC2)c(C)c1C(=O)N1CCC(CCN2[C@@H]3CC[C@H]2C[C@@H](n2c(C)nc4ccccc42)C3)(c2cccc(F)c2)CC1. The molecule has 1 amide bonds. The van der Waals surface area contributed by atoms with E-state index in [4.69, 9.17) is 4.98 Å². The molecule has 3 aliphatic heterocycles. The summed E-state index contributed by atoms with van der Waals surface area (Å²) in [5.41, 5.74) is 4.82. The van der Waals surface area contributed by atoms with Gasteiger partial charge in [0.05, 0.1) is 15.9 Å². The lowest BCUT2D eigenvalue weighted by molar-refractivity contribution is 0.0605. The summed E-state index contributed by atoms with van der Waals surface area (Å²) in [6.07, 6.45) is 10.7. The first-order valence-corrected chi connectivity index (χ1v) is 20.9. The number of hydrogen-bond donors (Lipinski definition) is 1. The third-order valence-corrected chi connectivity index (χ3v) is 14.8. The van der Waals surface area contributed by atoms with Gasteiger partial charge < -0.3 is 9.47 Å². The van der Waals surface area contributed by atoms with Crippen LogP contribution in [-0.4, -0.2) is 71.4 Å². The quantitative estimate of drug-likeness (QED) is 0.191. The summed E-state index contributed by atoms with van der Waals surface area (Å²) >= 11 is 0. The van der Waals surface area contributed by atoms with Crippen LogP contribution in [0.25, 0.3) is 11.0 Å². The van der Waals surface area contributed by atoms with Crippen molar-refractivity contribution in [1.82, 2.24) is 24.1 Å². The van der Waals surface area contributed by atoms with Crippen molar-refractivity contribution in [3.05, 3.63) is 94.6 Å². The molecular formula is C42H52FN5O3S. The van der Waals surface area contributed by atoms with Crippen molar-refractivity contribution in [2.24, 2.45) is 0 Å². The molecule has 4 aliphatic rings. The second kappa shape index (κ2) is 14.0. The fourth-order valence-corrected chi connectivity index (χ4v) is 11.9. The standard InChI is InChI=1S/C42H52FN5O3S/c1-28-15-18-39(52(50,51)45-33-11-4-5-12-33)29(2)40(28)41(49)46-22-19-42(20-23-46,31-9-8-10-32(43)25-31)21-24-47-34-16-17-35(47)27-36(26-34)48-30(3)44-37-13-6-7-14-38(37)48/h6-10,13-15,18,25,33-36,45H,4-5,11-12,16-17,19-24,26-27H2,1-3H3/t34-,35+,36+. The van der Waals surface area contributed by atoms with E-state index in [0.29, 0.717) is 42.3 Å². The molecule has 8 rings (SSSR count). The molecule has 1 N–H and O–H groups in total. The summed E-state index contributed by atoms with van der Waals surface area (Å²) in [5.74, 6) is 0.739. The lowest BCUT2D eigenvalue weighted by Crippen LogP contribution is -2.49. The number of fused-ring (bicyclic) bond motifs is 3. The molecule has 4 fully saturated rings. The van der Waals surface area contributed by atoms with Gasteiger partial charge in [-0.25, -0.2) is 22.5 Å². The number of sulfonamides is 1. The molecule has 0 spiro atoms. The number of carbonyl (C=O) groups excluding carboxylic acids is 1. The maximum Gasteiger partial charge on any atom is 0.254 e. The molecule has 3 atom stereocenters. The van der Waals surface area contributed by atoms with Gasteiger partial charge in [0.15, 0.2) is 0 Å². The van der Waals surface area contributed by atoms with E-state index in [2.05, 4.69) is 51.4 Å². The summed E-state index contributed by atoms with van der Waals surface area (Å²) in [7, 11) is -3.75. The normalized spacial score (nSPS) is 23.8. The number of aromatic nitrogens is 2. The number of rotatable bonds is 9. The number of aryl methyl sites for hydroxylation is 2. The maximum atomic E-state index is 14.8. The lowest BCUT2D eigenvalue weighted by atomic mass is 9.70. The van der Waals surface area contributed by atoms with E-state index in [-0.39, 0.29) is 28.1 Å². The van der Waals surface area contributed by atoms with Crippen LogP contribution in [0.15, 0.2) is 65.6 Å². The second-order valence-corrected chi connectivity index (χ2v) is 17.8. The van der Waals surface area contributed by atoms with Gasteiger partial charge in [-0.15, -0.1) is 0 Å². The molecule has 276 valence electrons. The Labute approximate surface area is 307 Å². The van der Waals surface area contributed by atoms with E-state index < -0.39 is 10.0 Å². The predicted octanol–water partition coefficient (Wildman–Crippen LogP) is 7.75. The Bertz CT molecular complexity index is 2070. The smallest absolute Gasteiger partial charge is 0.254 e. The van der Waals surface area contributed by atoms with Crippen LogP contribution in [0.3, 0.4) is 0 Å². The second-order valence-electron chi connectivity index (χ2n) is 16.1. The minimum atomic E-state index is -3.75. The average Bonchev–Trinajstić information content (AvgIpc) is 3.81. The van der Waals surface area contributed by atoms with E-state index in [0.717, 1.165) is 86.8 Å². The molecule has 1 aromatic heterocycles. The molecule has 10 heteroatoms. The van der Waals surface area contributed by atoms with Crippen LogP contribution in [0.4, 0.5) is 4.39 Å². The number of carbonyl (C=O) groups is 1. The van der Waals surface area contributed by atoms with E-state index in [1.807, 2.05) is 17.9 Å². The van der Waals surface area contributed by atoms with Gasteiger partial charge in [-0.05, 0) is 138 Å². The summed E-state index contributed by atoms with van der Waals surface area (Å²) < 4.78 is 47.1. The fraction of sp³-hybridized carbons (Fsp3) is 0.524. The van der Waals surface area contributed by atoms with Crippen LogP contribution >= 0.6 is 0 Å². The van der Waals surface area contributed by atoms with Crippen molar-refractivity contribution in [1.29, 1.82) is 0 Å². The topological polar surface area (TPSA) is 87.5 Å². The molecule has 3 aromatic carbocycles. The first-order valence-electron chi connectivity index (χ1n) is 19.4. The van der Waals surface area contributed by atoms with E-state index >= 15 is 0 Å². The number of imidazole rings is 1. The summed E-state index contributed by atoms with van der Waals surface area (Å²) in [6, 6.07) is 20.4. The Kier molecular flexibility index (Phi) is 9.53. The zero-order valence-corrected chi connectivity index (χ0v) is 31.6. The lowest BCUT2D eigenvalue weighted by Gasteiger charge is -2.46. The van der Waals surface area contributed by atoms with Gasteiger partial charge in [0.1, 0.15) is 11.6 Å². The number of nitrogens with one attached hydrogen (secondary N) is 1. The Morgan fingerprint density at radius 3 is 2.33 bits per heavy atom. The number of amides is 1. The molecule has 0 unspecified atom stereocenters. The fourth-order valence-electron chi connectivity index (χ4n) is 10.4. The third-order valence-electron chi connectivity index (χ3n) is 13.1. The number of nitrogens with zero attached hydrogens (tertiary/aromatic N) is 4. The highest BCUT2D eigenvalue weighted by Gasteiger charge is 2.44. The van der Waals surface area contributed by atoms with E-state index in [1.54, 1.807) is 25.1 Å². The van der Waals surface area contributed by atoms with Crippen molar-refractivity contribution in [2.45, 2.75) is 126 Å². The Hall–Kier alpha value is -3.60. The van der Waals surface area contributed by atoms with Gasteiger partial charge in [-0.2, -0.15) is 0 Å². The number of likely N-dealkylation sites (tertiary alicyclic amines) is 1. The minimum absolute atomic E-state index is 0.0503. The molecule has 3 saturated heterocycles. The van der Waals surface area contributed by atoms with Crippen LogP contribution in [0, 0.1) is 26.6 Å². The van der Waals surface area contributed by atoms with Crippen LogP contribution in [0.2, 0.25) is 0 Å². The summed E-state index contributed by atoms with van der Waals surface area (Å²) in [4.78, 5) is 23.9. The van der Waals surface area contributed by atoms with Crippen molar-refractivity contribution in [2.75, 3.05) is 19.6 Å². The highest BCUT2D eigenvalue weighted by atomic mass is 32.2. The number of hydrogen-bond acceptors (Lipinski definition) is 5. The first kappa shape index (κ1) is 35.4. The number of piperidine rings is 2. The van der Waals surface area contributed by atoms with Crippen LogP contribution in [-0.2, 0) is 15.4 Å². The van der Waals surface area contributed by atoms with Crippen molar-refractivity contribution >= 4 is 27.0 Å². The highest BCUT2D eigenvalue weighted by molar-refractivity contribution is 7.89. The molecule has 0 radical (unpaired) electrons. The van der Waals surface area contributed by atoms with Crippen LogP contribution in [0.5, 0.6) is 0 Å². The summed E-state index contributed by atoms with van der Waals surface area (Å²) in [5, 5.41) is 0. The molecule has 4 aromatic rings. The van der Waals surface area contributed by atoms with E-state index in [9.17, 15) is 17.6 Å². The molecule has 52 heavy (non-hydrogen) atoms. The van der Waals surface area contributed by atoms with E-state index in [1.165, 1.54) is 24.4 Å². The van der Waals surface area contributed by atoms with Crippen molar-refractivity contribution < 1.29 is 17.6 Å². The van der Waals surface area contributed by atoms with Gasteiger partial charge in [-0.1, -0.05) is 43.2 Å². The molecular weight excluding hydrogens is 674 g/mol. The van der Waals surface area contributed by atoms with Crippen LogP contribution < -0.4 is 4.72 Å². The molecule has 2 bridgehead atoms. The zero-order chi connectivity index (χ0) is 36.2. The highest BCUT2D eigenvalue weighted by Crippen LogP contribution is 2.45. The predicted molar refractivity (Wildman–Crippen MR) is 203 cm³/mol. The number of para-hydroxylation sites is 2. The van der Waals surface area contributed by atoms with Gasteiger partial charge >= 0.3 is 0 Å². The largest absolute Gasteiger partial charge is 0.339 e. The Balaban J connectivity index is 0.990. The van der Waals surface area contributed by atoms with Gasteiger partial charge in [0, 0.05) is 42.8 Å². The first-order chi connectivity index (χ1) is 25.0.